The number of pyridine rings is 1. The van der Waals surface area contributed by atoms with Crippen LogP contribution in [-0.4, -0.2) is 44.1 Å². The minimum atomic E-state index is -1.00. The van der Waals surface area contributed by atoms with Gasteiger partial charge in [-0.05, 0) is 55.3 Å². The number of nitrogens with zero attached hydrogens (tertiary/aromatic N) is 3. The first-order valence-electron chi connectivity index (χ1n) is 11.2. The molecule has 0 radical (unpaired) electrons. The molecule has 170 valence electrons. The lowest BCUT2D eigenvalue weighted by molar-refractivity contribution is -0.0395. The molecule has 0 saturated carbocycles. The molecule has 2 aromatic carbocycles. The van der Waals surface area contributed by atoms with Crippen LogP contribution in [0.25, 0.3) is 21.7 Å². The second-order valence-corrected chi connectivity index (χ2v) is 9.22. The lowest BCUT2D eigenvalue weighted by atomic mass is 9.95. The highest BCUT2D eigenvalue weighted by Crippen LogP contribution is 2.29. The van der Waals surface area contributed by atoms with Crippen LogP contribution in [0.15, 0.2) is 59.8 Å². The van der Waals surface area contributed by atoms with Crippen LogP contribution in [0.5, 0.6) is 0 Å². The van der Waals surface area contributed by atoms with Crippen LogP contribution in [0.4, 0.5) is 0 Å². The van der Waals surface area contributed by atoms with Crippen molar-refractivity contribution in [1.29, 1.82) is 0 Å². The highest BCUT2D eigenvalue weighted by molar-refractivity contribution is 6.06. The van der Waals surface area contributed by atoms with Crippen LogP contribution in [0.3, 0.4) is 0 Å². The highest BCUT2D eigenvalue weighted by Gasteiger charge is 2.27. The van der Waals surface area contributed by atoms with Gasteiger partial charge in [-0.3, -0.25) is 14.3 Å². The first-order valence-corrected chi connectivity index (χ1v) is 11.2. The van der Waals surface area contributed by atoms with Crippen molar-refractivity contribution in [3.05, 3.63) is 82.2 Å². The Kier molecular flexibility index (Phi) is 5.48. The maximum Gasteiger partial charge on any atom is 0.261 e. The number of aliphatic hydroxyl groups excluding tert-OH is 1. The molecule has 1 fully saturated rings. The number of fused-ring (bicyclic) bond motifs is 3. The number of hydrogen-bond donors (Lipinski definition) is 2. The predicted octanol–water partition coefficient (Wildman–Crippen LogP) is 3.09. The average molecular weight is 446 g/mol. The summed E-state index contributed by atoms with van der Waals surface area (Å²) in [6, 6.07) is 13.3. The van der Waals surface area contributed by atoms with E-state index < -0.39 is 11.7 Å². The molecule has 3 heterocycles. The van der Waals surface area contributed by atoms with Gasteiger partial charge in [0.15, 0.2) is 0 Å². The monoisotopic (exact) mass is 445 g/mol. The zero-order valence-corrected chi connectivity index (χ0v) is 18.7. The Balaban J connectivity index is 1.63. The molecule has 1 saturated heterocycles. The van der Waals surface area contributed by atoms with Gasteiger partial charge in [-0.2, -0.15) is 0 Å². The van der Waals surface area contributed by atoms with E-state index in [-0.39, 0.29) is 18.2 Å². The maximum atomic E-state index is 13.5. The molecule has 2 atom stereocenters. The Bertz CT molecular complexity index is 1370. The molecule has 0 bridgehead atoms. The third-order valence-electron chi connectivity index (χ3n) is 6.37. The summed E-state index contributed by atoms with van der Waals surface area (Å²) >= 11 is 0. The van der Waals surface area contributed by atoms with Crippen molar-refractivity contribution in [3.63, 3.8) is 0 Å². The molecule has 7 heteroatoms. The molecular formula is C26H27N3O4. The number of ether oxygens (including phenoxy) is 1. The summed E-state index contributed by atoms with van der Waals surface area (Å²) in [6.07, 6.45) is 3.73. The Morgan fingerprint density at radius 1 is 1.12 bits per heavy atom. The van der Waals surface area contributed by atoms with E-state index in [2.05, 4.69) is 9.97 Å². The smallest absolute Gasteiger partial charge is 0.261 e. The second kappa shape index (κ2) is 8.33. The number of rotatable bonds is 4. The molecule has 5 rings (SSSR count). The molecular weight excluding hydrogens is 418 g/mol. The first-order chi connectivity index (χ1) is 15.8. The zero-order chi connectivity index (χ0) is 23.2. The van der Waals surface area contributed by atoms with Gasteiger partial charge < -0.3 is 14.9 Å². The normalized spacial score (nSPS) is 19.3. The highest BCUT2D eigenvalue weighted by atomic mass is 16.5. The molecule has 0 aliphatic carbocycles. The van der Waals surface area contributed by atoms with Crippen molar-refractivity contribution in [2.45, 2.75) is 44.4 Å². The second-order valence-electron chi connectivity index (χ2n) is 9.22. The summed E-state index contributed by atoms with van der Waals surface area (Å²) in [7, 11) is 0. The molecule has 0 spiro atoms. The van der Waals surface area contributed by atoms with E-state index in [9.17, 15) is 15.0 Å². The molecule has 1 aliphatic rings. The molecule has 4 aromatic rings. The fourth-order valence-electron chi connectivity index (χ4n) is 4.58. The van der Waals surface area contributed by atoms with Gasteiger partial charge in [-0.15, -0.1) is 0 Å². The number of benzene rings is 2. The Hall–Kier alpha value is -3.13. The summed E-state index contributed by atoms with van der Waals surface area (Å²) in [5, 5.41) is 23.0. The minimum absolute atomic E-state index is 0.159. The molecule has 0 unspecified atom stereocenters. The standard InChI is InChI=1S/C26H27N3O4/c1-26(2,32)23-8-7-16(13-27-23)11-17-12-20-24(19-6-4-3-5-18(17)19)28-15-29(25(20)31)21-9-10-33-14-22(21)30/h3-8,12-13,15,21-22,30,32H,9-11,14H2,1-2H3/t21-,22-/m0/s1. The van der Waals surface area contributed by atoms with Crippen LogP contribution < -0.4 is 5.56 Å². The van der Waals surface area contributed by atoms with Gasteiger partial charge >= 0.3 is 0 Å². The van der Waals surface area contributed by atoms with Crippen molar-refractivity contribution in [2.75, 3.05) is 13.2 Å². The van der Waals surface area contributed by atoms with Crippen LogP contribution in [0.2, 0.25) is 0 Å². The van der Waals surface area contributed by atoms with Crippen molar-refractivity contribution >= 4 is 21.7 Å². The van der Waals surface area contributed by atoms with Crippen LogP contribution >= 0.6 is 0 Å². The minimum Gasteiger partial charge on any atom is -0.389 e. The Morgan fingerprint density at radius 3 is 2.61 bits per heavy atom. The van der Waals surface area contributed by atoms with Gasteiger partial charge in [0.1, 0.15) is 5.60 Å². The lowest BCUT2D eigenvalue weighted by Crippen LogP contribution is -2.39. The number of aliphatic hydroxyl groups is 2. The van der Waals surface area contributed by atoms with Crippen LogP contribution in [-0.2, 0) is 16.8 Å². The molecule has 7 nitrogen and oxygen atoms in total. The maximum absolute atomic E-state index is 13.5. The Morgan fingerprint density at radius 2 is 1.91 bits per heavy atom. The van der Waals surface area contributed by atoms with Gasteiger partial charge in [0.25, 0.3) is 5.56 Å². The largest absolute Gasteiger partial charge is 0.389 e. The SMILES string of the molecule is CC(C)(O)c1ccc(Cc2cc3c(=O)n([C@H]4CCOC[C@@H]4O)cnc3c3ccccc23)cn1. The lowest BCUT2D eigenvalue weighted by Gasteiger charge is -2.29. The quantitative estimate of drug-likeness (QED) is 0.469. The molecule has 2 N–H and O–H groups in total. The number of hydrogen-bond acceptors (Lipinski definition) is 6. The van der Waals surface area contributed by atoms with E-state index in [1.807, 2.05) is 42.5 Å². The van der Waals surface area contributed by atoms with Crippen molar-refractivity contribution in [2.24, 2.45) is 0 Å². The third kappa shape index (κ3) is 4.04. The Labute approximate surface area is 191 Å². The third-order valence-corrected chi connectivity index (χ3v) is 6.37. The fourth-order valence-corrected chi connectivity index (χ4v) is 4.58. The van der Waals surface area contributed by atoms with Gasteiger partial charge in [-0.25, -0.2) is 4.98 Å². The van der Waals surface area contributed by atoms with E-state index in [1.165, 1.54) is 0 Å². The first kappa shape index (κ1) is 21.7. The van der Waals surface area contributed by atoms with Crippen molar-refractivity contribution in [1.82, 2.24) is 14.5 Å². The van der Waals surface area contributed by atoms with Crippen LogP contribution in [0.1, 0.15) is 43.1 Å². The van der Waals surface area contributed by atoms with Crippen LogP contribution in [0, 0.1) is 0 Å². The average Bonchev–Trinajstić information content (AvgIpc) is 2.80. The summed E-state index contributed by atoms with van der Waals surface area (Å²) in [5.74, 6) is 0. The van der Waals surface area contributed by atoms with Crippen molar-refractivity contribution < 1.29 is 14.9 Å². The summed E-state index contributed by atoms with van der Waals surface area (Å²) in [5.41, 5.74) is 2.09. The van der Waals surface area contributed by atoms with E-state index in [1.54, 1.807) is 30.9 Å². The molecule has 1 aliphatic heterocycles. The van der Waals surface area contributed by atoms with Gasteiger partial charge in [0.05, 0.1) is 41.7 Å². The summed E-state index contributed by atoms with van der Waals surface area (Å²) < 4.78 is 6.88. The summed E-state index contributed by atoms with van der Waals surface area (Å²) in [6.45, 7) is 4.13. The van der Waals surface area contributed by atoms with E-state index >= 15 is 0 Å². The van der Waals surface area contributed by atoms with E-state index in [0.29, 0.717) is 36.0 Å². The van der Waals surface area contributed by atoms with Gasteiger partial charge in [-0.1, -0.05) is 30.3 Å². The predicted molar refractivity (Wildman–Crippen MR) is 126 cm³/mol. The van der Waals surface area contributed by atoms with E-state index in [0.717, 1.165) is 21.9 Å². The molecule has 0 amide bonds. The van der Waals surface area contributed by atoms with Crippen molar-refractivity contribution in [3.8, 4) is 0 Å². The molecule has 2 aromatic heterocycles. The van der Waals surface area contributed by atoms with Gasteiger partial charge in [0.2, 0.25) is 0 Å². The fraction of sp³-hybridized carbons (Fsp3) is 0.346. The number of aromatic nitrogens is 3. The molecule has 33 heavy (non-hydrogen) atoms. The summed E-state index contributed by atoms with van der Waals surface area (Å²) in [4.78, 5) is 22.6. The van der Waals surface area contributed by atoms with Gasteiger partial charge in [0, 0.05) is 18.2 Å². The van der Waals surface area contributed by atoms with E-state index in [4.69, 9.17) is 4.74 Å². The topological polar surface area (TPSA) is 97.5 Å². The zero-order valence-electron chi connectivity index (χ0n) is 18.7.